The molecule has 0 N–H and O–H groups in total. The molecule has 130 valence electrons. The van der Waals surface area contributed by atoms with Gasteiger partial charge in [0.15, 0.2) is 0 Å². The molecule has 1 aromatic carbocycles. The predicted molar refractivity (Wildman–Crippen MR) is 80.8 cm³/mol. The van der Waals surface area contributed by atoms with Crippen LogP contribution in [0.25, 0.3) is 21.7 Å². The van der Waals surface area contributed by atoms with Gasteiger partial charge in [-0.2, -0.15) is 26.3 Å². The number of thiophene rings is 1. The first-order valence-corrected chi connectivity index (χ1v) is 7.68. The summed E-state index contributed by atoms with van der Waals surface area (Å²) < 4.78 is 78.5. The van der Waals surface area contributed by atoms with E-state index in [4.69, 9.17) is 0 Å². The number of hydrogen-bond acceptors (Lipinski definition) is 3. The van der Waals surface area contributed by atoms with Crippen molar-refractivity contribution in [3.8, 4) is 21.7 Å². The summed E-state index contributed by atoms with van der Waals surface area (Å²) >= 11 is 1.25. The van der Waals surface area contributed by atoms with Crippen molar-refractivity contribution in [3.05, 3.63) is 59.4 Å². The minimum Gasteiger partial charge on any atom is -0.244 e. The van der Waals surface area contributed by atoms with Crippen molar-refractivity contribution in [2.75, 3.05) is 0 Å². The first-order valence-electron chi connectivity index (χ1n) is 6.80. The van der Waals surface area contributed by atoms with Crippen LogP contribution < -0.4 is 0 Å². The lowest BCUT2D eigenvalue weighted by atomic mass is 9.96. The maximum atomic E-state index is 13.4. The van der Waals surface area contributed by atoms with Crippen molar-refractivity contribution in [2.24, 2.45) is 0 Å². The van der Waals surface area contributed by atoms with E-state index in [1.54, 1.807) is 17.5 Å². The summed E-state index contributed by atoms with van der Waals surface area (Å²) in [6, 6.07) is 4.90. The number of nitrogens with zero attached hydrogens (tertiary/aromatic N) is 2. The van der Waals surface area contributed by atoms with Crippen LogP contribution in [0.3, 0.4) is 0 Å². The summed E-state index contributed by atoms with van der Waals surface area (Å²) in [6.07, 6.45) is -7.49. The van der Waals surface area contributed by atoms with Crippen LogP contribution in [0.15, 0.2) is 48.2 Å². The molecule has 3 rings (SSSR count). The van der Waals surface area contributed by atoms with E-state index in [9.17, 15) is 26.3 Å². The number of rotatable bonds is 2. The third kappa shape index (κ3) is 3.51. The minimum atomic E-state index is -4.96. The molecular weight excluding hydrogens is 366 g/mol. The molecule has 0 fully saturated rings. The normalized spacial score (nSPS) is 12.4. The number of aromatic nitrogens is 2. The van der Waals surface area contributed by atoms with Crippen molar-refractivity contribution in [2.45, 2.75) is 12.4 Å². The standard InChI is InChI=1S/C16H8F6N2S/c17-15(18,19)9-3-4-10(12(6-9)16(20,21)22)11-7-23-8-24-14(11)13-2-1-5-25-13/h1-8H. The zero-order valence-electron chi connectivity index (χ0n) is 12.2. The van der Waals surface area contributed by atoms with E-state index in [0.29, 0.717) is 10.9 Å². The van der Waals surface area contributed by atoms with Gasteiger partial charge in [0.05, 0.1) is 21.7 Å². The first kappa shape index (κ1) is 17.4. The van der Waals surface area contributed by atoms with Gasteiger partial charge in [-0.3, -0.25) is 0 Å². The Morgan fingerprint density at radius 1 is 0.880 bits per heavy atom. The highest BCUT2D eigenvalue weighted by Crippen LogP contribution is 2.43. The zero-order valence-corrected chi connectivity index (χ0v) is 13.0. The molecule has 0 saturated heterocycles. The summed E-state index contributed by atoms with van der Waals surface area (Å²) in [5.74, 6) is 0. The second-order valence-electron chi connectivity index (χ2n) is 5.02. The van der Waals surface area contributed by atoms with Crippen molar-refractivity contribution >= 4 is 11.3 Å². The molecule has 9 heteroatoms. The Bertz CT molecular complexity index is 884. The molecule has 0 saturated carbocycles. The number of halogens is 6. The average Bonchev–Trinajstić information content (AvgIpc) is 3.07. The van der Waals surface area contributed by atoms with Crippen molar-refractivity contribution < 1.29 is 26.3 Å². The summed E-state index contributed by atoms with van der Waals surface area (Å²) in [4.78, 5) is 8.32. The predicted octanol–water partition coefficient (Wildman–Crippen LogP) is 5.91. The topological polar surface area (TPSA) is 25.8 Å². The van der Waals surface area contributed by atoms with Crippen LogP contribution in [0.4, 0.5) is 26.3 Å². The molecule has 0 unspecified atom stereocenters. The van der Waals surface area contributed by atoms with Gasteiger partial charge >= 0.3 is 12.4 Å². The highest BCUT2D eigenvalue weighted by Gasteiger charge is 2.38. The fraction of sp³-hybridized carbons (Fsp3) is 0.125. The van der Waals surface area contributed by atoms with E-state index in [1.807, 2.05) is 0 Å². The molecule has 2 aromatic heterocycles. The average molecular weight is 374 g/mol. The second-order valence-corrected chi connectivity index (χ2v) is 5.97. The summed E-state index contributed by atoms with van der Waals surface area (Å²) in [5, 5.41) is 1.72. The molecule has 25 heavy (non-hydrogen) atoms. The molecule has 0 spiro atoms. The molecule has 2 nitrogen and oxygen atoms in total. The highest BCUT2D eigenvalue weighted by atomic mass is 32.1. The summed E-state index contributed by atoms with van der Waals surface area (Å²) in [7, 11) is 0. The van der Waals surface area contributed by atoms with Gasteiger partial charge in [-0.05, 0) is 29.1 Å². The van der Waals surface area contributed by atoms with Crippen LogP contribution in [-0.2, 0) is 12.4 Å². The van der Waals surface area contributed by atoms with E-state index in [1.165, 1.54) is 23.9 Å². The van der Waals surface area contributed by atoms with Gasteiger partial charge in [0.2, 0.25) is 0 Å². The van der Waals surface area contributed by atoms with Gasteiger partial charge in [0, 0.05) is 11.8 Å². The quantitative estimate of drug-likeness (QED) is 0.521. The fourth-order valence-electron chi connectivity index (χ4n) is 2.33. The molecule has 0 atom stereocenters. The maximum Gasteiger partial charge on any atom is 0.417 e. The van der Waals surface area contributed by atoms with E-state index < -0.39 is 29.0 Å². The Morgan fingerprint density at radius 3 is 2.24 bits per heavy atom. The first-order chi connectivity index (χ1) is 11.7. The van der Waals surface area contributed by atoms with Crippen molar-refractivity contribution in [3.63, 3.8) is 0 Å². The molecular formula is C16H8F6N2S. The highest BCUT2D eigenvalue weighted by molar-refractivity contribution is 7.13. The van der Waals surface area contributed by atoms with E-state index in [-0.39, 0.29) is 17.3 Å². The Balaban J connectivity index is 2.25. The summed E-state index contributed by atoms with van der Waals surface area (Å²) in [6.45, 7) is 0. The smallest absolute Gasteiger partial charge is 0.244 e. The third-order valence-electron chi connectivity index (χ3n) is 3.41. The Labute approximate surface area is 141 Å². The van der Waals surface area contributed by atoms with Crippen molar-refractivity contribution in [1.82, 2.24) is 9.97 Å². The van der Waals surface area contributed by atoms with Gasteiger partial charge in [-0.15, -0.1) is 11.3 Å². The van der Waals surface area contributed by atoms with Crippen LogP contribution >= 0.6 is 11.3 Å². The van der Waals surface area contributed by atoms with Crippen LogP contribution in [0, 0.1) is 0 Å². The molecule has 0 aliphatic carbocycles. The number of hydrogen-bond donors (Lipinski definition) is 0. The summed E-state index contributed by atoms with van der Waals surface area (Å²) in [5.41, 5.74) is -2.89. The van der Waals surface area contributed by atoms with Gasteiger partial charge in [-0.25, -0.2) is 9.97 Å². The van der Waals surface area contributed by atoms with Crippen LogP contribution in [0.2, 0.25) is 0 Å². The van der Waals surface area contributed by atoms with Crippen molar-refractivity contribution in [1.29, 1.82) is 0 Å². The lowest BCUT2D eigenvalue weighted by Crippen LogP contribution is -2.12. The van der Waals surface area contributed by atoms with Crippen LogP contribution in [0.5, 0.6) is 0 Å². The zero-order chi connectivity index (χ0) is 18.2. The number of benzene rings is 1. The number of alkyl halides is 6. The Kier molecular flexibility index (Phi) is 4.28. The molecule has 0 amide bonds. The SMILES string of the molecule is FC(F)(F)c1ccc(-c2cncnc2-c2cccs2)c(C(F)(F)F)c1. The van der Waals surface area contributed by atoms with Gasteiger partial charge < -0.3 is 0 Å². The third-order valence-corrected chi connectivity index (χ3v) is 4.29. The molecule has 0 bridgehead atoms. The van der Waals surface area contributed by atoms with E-state index in [0.717, 1.165) is 6.07 Å². The second kappa shape index (κ2) is 6.14. The van der Waals surface area contributed by atoms with E-state index in [2.05, 4.69) is 9.97 Å². The van der Waals surface area contributed by atoms with Crippen LogP contribution in [-0.4, -0.2) is 9.97 Å². The molecule has 0 radical (unpaired) electrons. The molecule has 3 aromatic rings. The van der Waals surface area contributed by atoms with Gasteiger partial charge in [0.1, 0.15) is 6.33 Å². The largest absolute Gasteiger partial charge is 0.417 e. The fourth-order valence-corrected chi connectivity index (χ4v) is 3.06. The van der Waals surface area contributed by atoms with Gasteiger partial charge in [0.25, 0.3) is 0 Å². The Morgan fingerprint density at radius 2 is 1.64 bits per heavy atom. The monoisotopic (exact) mass is 374 g/mol. The Hall–Kier alpha value is -2.42. The molecule has 0 aliphatic rings. The minimum absolute atomic E-state index is 0.0194. The van der Waals surface area contributed by atoms with E-state index >= 15 is 0 Å². The molecule has 2 heterocycles. The maximum absolute atomic E-state index is 13.4. The van der Waals surface area contributed by atoms with Gasteiger partial charge in [-0.1, -0.05) is 12.1 Å². The lowest BCUT2D eigenvalue weighted by molar-refractivity contribution is -0.142. The molecule has 0 aliphatic heterocycles. The van der Waals surface area contributed by atoms with Crippen LogP contribution in [0.1, 0.15) is 11.1 Å². The lowest BCUT2D eigenvalue weighted by Gasteiger charge is -2.17.